The van der Waals surface area contributed by atoms with Crippen LogP contribution < -0.4 is 16.0 Å². The molecule has 4 heteroatoms. The first-order valence-corrected chi connectivity index (χ1v) is 7.28. The van der Waals surface area contributed by atoms with Crippen LogP contribution >= 0.6 is 0 Å². The summed E-state index contributed by atoms with van der Waals surface area (Å²) in [5.74, 6) is 5.50. The van der Waals surface area contributed by atoms with Crippen LogP contribution in [0.3, 0.4) is 0 Å². The fraction of sp³-hybridized carbons (Fsp3) is 0.588. The normalized spacial score (nSPS) is 13.7. The molecule has 1 atom stereocenters. The smallest absolute Gasteiger partial charge is 0.274 e. The average molecular weight is 292 g/mol. The summed E-state index contributed by atoms with van der Waals surface area (Å²) >= 11 is 0. The summed E-state index contributed by atoms with van der Waals surface area (Å²) in [6.07, 6.45) is -0.627. The molecule has 0 heterocycles. The lowest BCUT2D eigenvalue weighted by atomic mass is 9.80. The quantitative estimate of drug-likeness (QED) is 0.511. The molecule has 1 unspecified atom stereocenters. The minimum atomic E-state index is -0.627. The van der Waals surface area contributed by atoms with E-state index in [9.17, 15) is 4.79 Å². The largest absolute Gasteiger partial charge is 0.481 e. The number of benzene rings is 1. The Balaban J connectivity index is 3.23. The first kappa shape index (κ1) is 17.5. The van der Waals surface area contributed by atoms with E-state index in [2.05, 4.69) is 53.0 Å². The first-order chi connectivity index (χ1) is 9.45. The predicted molar refractivity (Wildman–Crippen MR) is 86.3 cm³/mol. The molecule has 21 heavy (non-hydrogen) atoms. The van der Waals surface area contributed by atoms with E-state index in [0.717, 1.165) is 0 Å². The van der Waals surface area contributed by atoms with Gasteiger partial charge in [0.15, 0.2) is 6.10 Å². The lowest BCUT2D eigenvalue weighted by Gasteiger charge is -2.26. The second-order valence-electron chi connectivity index (χ2n) is 7.51. The van der Waals surface area contributed by atoms with E-state index in [1.807, 2.05) is 12.1 Å². The molecule has 1 aromatic rings. The lowest BCUT2D eigenvalue weighted by Crippen LogP contribution is -2.40. The van der Waals surface area contributed by atoms with Crippen molar-refractivity contribution in [2.75, 3.05) is 0 Å². The molecule has 0 radical (unpaired) electrons. The Kier molecular flexibility index (Phi) is 5.05. The van der Waals surface area contributed by atoms with Gasteiger partial charge >= 0.3 is 0 Å². The molecule has 4 nitrogen and oxygen atoms in total. The highest BCUT2D eigenvalue weighted by molar-refractivity contribution is 5.80. The van der Waals surface area contributed by atoms with Gasteiger partial charge in [-0.05, 0) is 41.0 Å². The zero-order chi connectivity index (χ0) is 16.4. The van der Waals surface area contributed by atoms with Crippen LogP contribution in [-0.4, -0.2) is 12.0 Å². The van der Waals surface area contributed by atoms with Gasteiger partial charge < -0.3 is 4.74 Å². The molecule has 0 aliphatic heterocycles. The number of nitrogens with one attached hydrogen (secondary N) is 1. The van der Waals surface area contributed by atoms with Gasteiger partial charge in [0, 0.05) is 0 Å². The van der Waals surface area contributed by atoms with Gasteiger partial charge in [0.25, 0.3) is 5.91 Å². The number of nitrogens with two attached hydrogens (primary N) is 1. The van der Waals surface area contributed by atoms with Crippen molar-refractivity contribution in [1.82, 2.24) is 5.43 Å². The zero-order valence-electron chi connectivity index (χ0n) is 14.2. The number of rotatable bonds is 3. The molecule has 0 aliphatic carbocycles. The van der Waals surface area contributed by atoms with Crippen LogP contribution in [0, 0.1) is 0 Å². The van der Waals surface area contributed by atoms with Crippen molar-refractivity contribution in [1.29, 1.82) is 0 Å². The molecule has 118 valence electrons. The van der Waals surface area contributed by atoms with Crippen LogP contribution in [0.25, 0.3) is 0 Å². The van der Waals surface area contributed by atoms with Crippen molar-refractivity contribution >= 4 is 5.91 Å². The summed E-state index contributed by atoms with van der Waals surface area (Å²) in [4.78, 5) is 11.5. The number of ether oxygens (including phenoxy) is 1. The molecule has 1 aromatic carbocycles. The number of carbonyl (C=O) groups is 1. The van der Waals surface area contributed by atoms with Gasteiger partial charge in [0.05, 0.1) is 0 Å². The second-order valence-corrected chi connectivity index (χ2v) is 7.51. The van der Waals surface area contributed by atoms with Crippen molar-refractivity contribution in [3.8, 4) is 5.75 Å². The van der Waals surface area contributed by atoms with E-state index < -0.39 is 6.10 Å². The highest BCUT2D eigenvalue weighted by atomic mass is 16.5. The standard InChI is InChI=1S/C17H28N2O2/c1-11(15(20)19-18)21-14-9-12(16(2,3)4)8-13(10-14)17(5,6)7/h8-11H,18H2,1-7H3,(H,19,20). The topological polar surface area (TPSA) is 64.3 Å². The van der Waals surface area contributed by atoms with E-state index in [0.29, 0.717) is 5.75 Å². The monoisotopic (exact) mass is 292 g/mol. The van der Waals surface area contributed by atoms with Gasteiger partial charge in [0.2, 0.25) is 0 Å². The minimum Gasteiger partial charge on any atom is -0.481 e. The highest BCUT2D eigenvalue weighted by Gasteiger charge is 2.22. The van der Waals surface area contributed by atoms with Crippen LogP contribution in [0.2, 0.25) is 0 Å². The molecule has 1 rings (SSSR count). The van der Waals surface area contributed by atoms with Crippen molar-refractivity contribution < 1.29 is 9.53 Å². The molecule has 0 spiro atoms. The van der Waals surface area contributed by atoms with E-state index in [1.54, 1.807) is 6.92 Å². The molecule has 1 amide bonds. The molecule has 0 bridgehead atoms. The third-order valence-electron chi connectivity index (χ3n) is 3.46. The number of amides is 1. The van der Waals surface area contributed by atoms with E-state index in [-0.39, 0.29) is 16.7 Å². The van der Waals surface area contributed by atoms with Gasteiger partial charge in [-0.2, -0.15) is 0 Å². The molecule has 0 saturated heterocycles. The Morgan fingerprint density at radius 3 is 1.81 bits per heavy atom. The fourth-order valence-electron chi connectivity index (χ4n) is 1.91. The molecular formula is C17H28N2O2. The van der Waals surface area contributed by atoms with Crippen LogP contribution in [0.5, 0.6) is 5.75 Å². The Labute approximate surface area is 128 Å². The number of hydrogen-bond donors (Lipinski definition) is 2. The third-order valence-corrected chi connectivity index (χ3v) is 3.46. The van der Waals surface area contributed by atoms with Crippen molar-refractivity contribution in [3.63, 3.8) is 0 Å². The van der Waals surface area contributed by atoms with Gasteiger partial charge in [-0.25, -0.2) is 5.84 Å². The van der Waals surface area contributed by atoms with Crippen LogP contribution in [0.1, 0.15) is 59.6 Å². The maximum absolute atomic E-state index is 11.5. The van der Waals surface area contributed by atoms with Crippen LogP contribution in [-0.2, 0) is 15.6 Å². The minimum absolute atomic E-state index is 0.0126. The highest BCUT2D eigenvalue weighted by Crippen LogP contribution is 2.33. The first-order valence-electron chi connectivity index (χ1n) is 7.28. The van der Waals surface area contributed by atoms with Crippen molar-refractivity contribution in [2.24, 2.45) is 5.84 Å². The lowest BCUT2D eigenvalue weighted by molar-refractivity contribution is -0.127. The third kappa shape index (κ3) is 4.74. The van der Waals surface area contributed by atoms with E-state index >= 15 is 0 Å². The molecule has 0 aromatic heterocycles. The van der Waals surface area contributed by atoms with Crippen LogP contribution in [0.15, 0.2) is 18.2 Å². The Hall–Kier alpha value is -1.55. The Morgan fingerprint density at radius 1 is 1.05 bits per heavy atom. The maximum Gasteiger partial charge on any atom is 0.274 e. The van der Waals surface area contributed by atoms with E-state index in [1.165, 1.54) is 11.1 Å². The summed E-state index contributed by atoms with van der Waals surface area (Å²) in [7, 11) is 0. The molecule has 3 N–H and O–H groups in total. The number of carbonyl (C=O) groups excluding carboxylic acids is 1. The number of hydrogen-bond acceptors (Lipinski definition) is 3. The fourth-order valence-corrected chi connectivity index (χ4v) is 1.91. The Morgan fingerprint density at radius 2 is 1.48 bits per heavy atom. The summed E-state index contributed by atoms with van der Waals surface area (Å²) in [5, 5.41) is 0. The predicted octanol–water partition coefficient (Wildman–Crippen LogP) is 3.04. The van der Waals surface area contributed by atoms with Gasteiger partial charge in [-0.15, -0.1) is 0 Å². The second kappa shape index (κ2) is 6.06. The van der Waals surface area contributed by atoms with Crippen LogP contribution in [0.4, 0.5) is 0 Å². The summed E-state index contributed by atoms with van der Waals surface area (Å²) in [6.45, 7) is 14.7. The summed E-state index contributed by atoms with van der Waals surface area (Å²) in [6, 6.07) is 6.20. The van der Waals surface area contributed by atoms with Crippen molar-refractivity contribution in [3.05, 3.63) is 29.3 Å². The van der Waals surface area contributed by atoms with Gasteiger partial charge in [0.1, 0.15) is 5.75 Å². The summed E-state index contributed by atoms with van der Waals surface area (Å²) in [5.41, 5.74) is 4.51. The van der Waals surface area contributed by atoms with Gasteiger partial charge in [-0.3, -0.25) is 10.2 Å². The zero-order valence-corrected chi connectivity index (χ0v) is 14.2. The van der Waals surface area contributed by atoms with E-state index in [4.69, 9.17) is 10.6 Å². The maximum atomic E-state index is 11.5. The summed E-state index contributed by atoms with van der Waals surface area (Å²) < 4.78 is 5.75. The molecule has 0 aliphatic rings. The Bertz CT molecular complexity index is 478. The SMILES string of the molecule is CC(Oc1cc(C(C)(C)C)cc(C(C)(C)C)c1)C(=O)NN. The molecule has 0 saturated carbocycles. The number of hydrazine groups is 1. The molecule has 0 fully saturated rings. The molecular weight excluding hydrogens is 264 g/mol. The van der Waals surface area contributed by atoms with Gasteiger partial charge in [-0.1, -0.05) is 47.6 Å². The average Bonchev–Trinajstić information content (AvgIpc) is 2.35. The van der Waals surface area contributed by atoms with Crippen molar-refractivity contribution in [2.45, 2.75) is 65.4 Å².